The van der Waals surface area contributed by atoms with Gasteiger partial charge in [0.2, 0.25) is 0 Å². The first-order chi connectivity index (χ1) is 17.0. The van der Waals surface area contributed by atoms with Gasteiger partial charge in [0.25, 0.3) is 5.91 Å². The van der Waals surface area contributed by atoms with Crippen molar-refractivity contribution in [1.29, 1.82) is 0 Å². The Morgan fingerprint density at radius 2 is 1.92 bits per heavy atom. The van der Waals surface area contributed by atoms with Crippen molar-refractivity contribution in [2.75, 3.05) is 38.1 Å². The predicted octanol–water partition coefficient (Wildman–Crippen LogP) is 3.98. The van der Waals surface area contributed by atoms with Gasteiger partial charge in [-0.2, -0.15) is 0 Å². The summed E-state index contributed by atoms with van der Waals surface area (Å²) in [6, 6.07) is 8.53. The number of nitrogens with one attached hydrogen (secondary N) is 2. The van der Waals surface area contributed by atoms with Crippen molar-refractivity contribution in [3.05, 3.63) is 58.4 Å². The molecule has 3 aliphatic rings. The summed E-state index contributed by atoms with van der Waals surface area (Å²) in [5.74, 6) is -1.10. The third-order valence-corrected chi connectivity index (χ3v) is 8.14. The Kier molecular flexibility index (Phi) is 5.98. The van der Waals surface area contributed by atoms with Crippen LogP contribution in [0.3, 0.4) is 0 Å². The number of fused-ring (bicyclic) bond motifs is 4. The monoisotopic (exact) mass is 495 g/mol. The number of piperazine rings is 1. The van der Waals surface area contributed by atoms with Crippen molar-refractivity contribution in [2.45, 2.75) is 45.6 Å². The van der Waals surface area contributed by atoms with Crippen molar-refractivity contribution in [2.24, 2.45) is 11.3 Å². The fourth-order valence-corrected chi connectivity index (χ4v) is 5.81. The number of nitrogens with zero attached hydrogens (tertiary/aromatic N) is 1. The Balaban J connectivity index is 1.52. The van der Waals surface area contributed by atoms with Crippen LogP contribution in [0, 0.1) is 17.2 Å². The van der Waals surface area contributed by atoms with E-state index in [1.165, 1.54) is 12.1 Å². The van der Waals surface area contributed by atoms with Crippen LogP contribution in [0.25, 0.3) is 0 Å². The van der Waals surface area contributed by atoms with Crippen molar-refractivity contribution in [3.8, 4) is 5.75 Å². The van der Waals surface area contributed by atoms with E-state index in [1.807, 2.05) is 12.1 Å². The number of halogens is 1. The van der Waals surface area contributed by atoms with Crippen LogP contribution in [0.4, 0.5) is 10.1 Å². The number of carboxylic acid groups (broad SMARTS) is 1. The molecule has 1 amide bonds. The molecule has 2 aromatic carbocycles. The number of benzene rings is 2. The van der Waals surface area contributed by atoms with E-state index in [2.05, 4.69) is 30.5 Å². The maximum absolute atomic E-state index is 15.4. The number of ether oxygens (including phenoxy) is 1. The van der Waals surface area contributed by atoms with Crippen molar-refractivity contribution >= 4 is 17.6 Å². The van der Waals surface area contributed by atoms with Crippen molar-refractivity contribution in [3.63, 3.8) is 0 Å². The van der Waals surface area contributed by atoms with E-state index in [4.69, 9.17) is 4.74 Å². The fraction of sp³-hybridized carbons (Fsp3) is 0.500. The van der Waals surface area contributed by atoms with Crippen LogP contribution in [0.2, 0.25) is 0 Å². The Morgan fingerprint density at radius 1 is 1.19 bits per heavy atom. The molecule has 36 heavy (non-hydrogen) atoms. The van der Waals surface area contributed by atoms with Crippen LogP contribution in [-0.4, -0.2) is 54.7 Å². The van der Waals surface area contributed by atoms with Gasteiger partial charge in [-0.25, -0.2) is 4.39 Å². The number of aliphatic carboxylic acids is 1. The highest BCUT2D eigenvalue weighted by molar-refractivity contribution is 5.97. The van der Waals surface area contributed by atoms with Gasteiger partial charge in [-0.1, -0.05) is 26.0 Å². The molecule has 3 heterocycles. The van der Waals surface area contributed by atoms with E-state index in [9.17, 15) is 14.7 Å². The van der Waals surface area contributed by atoms with Crippen molar-refractivity contribution in [1.82, 2.24) is 10.2 Å². The molecule has 0 radical (unpaired) electrons. The molecule has 0 saturated carbocycles. The Bertz CT molecular complexity index is 1220. The number of anilines is 1. The van der Waals surface area contributed by atoms with Gasteiger partial charge in [0.1, 0.15) is 11.6 Å². The summed E-state index contributed by atoms with van der Waals surface area (Å²) in [5.41, 5.74) is 2.45. The van der Waals surface area contributed by atoms with Gasteiger partial charge in [0.15, 0.2) is 0 Å². The van der Waals surface area contributed by atoms with Gasteiger partial charge in [0, 0.05) is 43.2 Å². The normalized spacial score (nSPS) is 22.4. The van der Waals surface area contributed by atoms with Gasteiger partial charge in [-0.15, -0.1) is 0 Å². The summed E-state index contributed by atoms with van der Waals surface area (Å²) in [7, 11) is 0. The van der Waals surface area contributed by atoms with E-state index < -0.39 is 11.4 Å². The second-order valence-electron chi connectivity index (χ2n) is 11.4. The summed E-state index contributed by atoms with van der Waals surface area (Å²) in [6.07, 6.45) is 0.408. The Hall–Kier alpha value is -3.13. The highest BCUT2D eigenvalue weighted by Crippen LogP contribution is 2.53. The average Bonchev–Trinajstić information content (AvgIpc) is 2.84. The molecule has 192 valence electrons. The van der Waals surface area contributed by atoms with Crippen LogP contribution >= 0.6 is 0 Å². The molecule has 5 rings (SSSR count). The third-order valence-electron chi connectivity index (χ3n) is 8.14. The molecule has 0 unspecified atom stereocenters. The van der Waals surface area contributed by atoms with Crippen LogP contribution in [0.15, 0.2) is 30.3 Å². The SMILES string of the molecule is CC(C)(Cc1ccc2c(c1)C(C)(C)[C@H]1COc3c(C(=O)N4CCNCC4)ccc(F)c3[C@H]1N2)C(=O)O. The molecule has 0 spiro atoms. The quantitative estimate of drug-likeness (QED) is 0.595. The molecule has 3 aliphatic heterocycles. The smallest absolute Gasteiger partial charge is 0.309 e. The van der Waals surface area contributed by atoms with E-state index in [-0.39, 0.29) is 29.1 Å². The summed E-state index contributed by atoms with van der Waals surface area (Å²) in [5, 5.41) is 16.4. The molecule has 7 nitrogen and oxygen atoms in total. The minimum Gasteiger partial charge on any atom is -0.492 e. The number of carboxylic acids is 1. The van der Waals surface area contributed by atoms with Gasteiger partial charge < -0.3 is 25.4 Å². The maximum atomic E-state index is 15.4. The minimum atomic E-state index is -0.883. The molecular weight excluding hydrogens is 461 g/mol. The molecular formula is C28H34FN3O4. The maximum Gasteiger partial charge on any atom is 0.309 e. The molecule has 8 heteroatoms. The molecule has 0 aromatic heterocycles. The molecule has 2 aromatic rings. The molecule has 1 fully saturated rings. The lowest BCUT2D eigenvalue weighted by molar-refractivity contribution is -0.146. The first-order valence-electron chi connectivity index (χ1n) is 12.6. The van der Waals surface area contributed by atoms with E-state index in [0.717, 1.165) is 29.9 Å². The zero-order chi connectivity index (χ0) is 25.8. The minimum absolute atomic E-state index is 0.0840. The molecule has 0 aliphatic carbocycles. The number of carbonyl (C=O) groups is 2. The largest absolute Gasteiger partial charge is 0.492 e. The second kappa shape index (κ2) is 8.76. The van der Waals surface area contributed by atoms with Gasteiger partial charge in [-0.3, -0.25) is 9.59 Å². The first-order valence-corrected chi connectivity index (χ1v) is 12.6. The van der Waals surface area contributed by atoms with E-state index in [0.29, 0.717) is 43.0 Å². The predicted molar refractivity (Wildman–Crippen MR) is 135 cm³/mol. The Labute approximate surface area is 211 Å². The van der Waals surface area contributed by atoms with Gasteiger partial charge in [-0.05, 0) is 49.6 Å². The Morgan fingerprint density at radius 3 is 2.61 bits per heavy atom. The number of hydrogen-bond acceptors (Lipinski definition) is 5. The molecule has 2 atom stereocenters. The lowest BCUT2D eigenvalue weighted by Crippen LogP contribution is -2.48. The fourth-order valence-electron chi connectivity index (χ4n) is 5.81. The lowest BCUT2D eigenvalue weighted by atomic mass is 9.64. The van der Waals surface area contributed by atoms with Crippen LogP contribution in [-0.2, 0) is 16.6 Å². The van der Waals surface area contributed by atoms with Gasteiger partial charge >= 0.3 is 5.97 Å². The third kappa shape index (κ3) is 4.01. The zero-order valence-electron chi connectivity index (χ0n) is 21.3. The number of hydrogen-bond donors (Lipinski definition) is 3. The first kappa shape index (κ1) is 24.6. The van der Waals surface area contributed by atoms with E-state index >= 15 is 4.39 Å². The van der Waals surface area contributed by atoms with Gasteiger partial charge in [0.05, 0.1) is 29.2 Å². The highest BCUT2D eigenvalue weighted by Gasteiger charge is 2.48. The average molecular weight is 496 g/mol. The summed E-state index contributed by atoms with van der Waals surface area (Å²) in [6.45, 7) is 10.7. The topological polar surface area (TPSA) is 90.9 Å². The number of rotatable bonds is 4. The van der Waals surface area contributed by atoms with Crippen molar-refractivity contribution < 1.29 is 23.8 Å². The molecule has 3 N–H and O–H groups in total. The van der Waals surface area contributed by atoms with Crippen LogP contribution in [0.1, 0.15) is 60.8 Å². The van der Waals surface area contributed by atoms with E-state index in [1.54, 1.807) is 18.7 Å². The second-order valence-corrected chi connectivity index (χ2v) is 11.4. The molecule has 1 saturated heterocycles. The molecule has 0 bridgehead atoms. The summed E-state index contributed by atoms with van der Waals surface area (Å²) < 4.78 is 21.6. The zero-order valence-corrected chi connectivity index (χ0v) is 21.3. The highest BCUT2D eigenvalue weighted by atomic mass is 19.1. The number of carbonyl (C=O) groups excluding carboxylic acids is 1. The van der Waals surface area contributed by atoms with Crippen LogP contribution < -0.4 is 15.4 Å². The standard InChI is InChI=1S/C28H34FN3O4/c1-27(2,26(34)35)14-16-5-8-21-18(13-16)28(3,4)19-15-36-24-17(25(33)32-11-9-30-10-12-32)6-7-20(29)22(24)23(19)31-21/h5-8,13,19,23,30-31H,9-12,14-15H2,1-4H3,(H,34,35)/t19-,23-/m0/s1. The summed E-state index contributed by atoms with van der Waals surface area (Å²) >= 11 is 0. The lowest BCUT2D eigenvalue weighted by Gasteiger charge is -2.49. The summed E-state index contributed by atoms with van der Waals surface area (Å²) in [4.78, 5) is 26.7. The van der Waals surface area contributed by atoms with Crippen LogP contribution in [0.5, 0.6) is 5.75 Å². The number of amides is 1.